The van der Waals surface area contributed by atoms with E-state index in [1.807, 2.05) is 36.7 Å². The highest BCUT2D eigenvalue weighted by atomic mass is 14.8. The van der Waals surface area contributed by atoms with Gasteiger partial charge in [-0.1, -0.05) is 115 Å². The monoisotopic (exact) mass is 737 g/mol. The molecule has 0 unspecified atom stereocenters. The Morgan fingerprint density at radius 2 is 0.776 bits per heavy atom. The number of benzene rings is 7. The first-order chi connectivity index (χ1) is 28.7. The number of rotatable bonds is 4. The van der Waals surface area contributed by atoms with Crippen molar-refractivity contribution in [1.29, 1.82) is 0 Å². The van der Waals surface area contributed by atoms with Gasteiger partial charge in [-0.2, -0.15) is 0 Å². The van der Waals surface area contributed by atoms with Gasteiger partial charge in [-0.15, -0.1) is 0 Å². The number of aromatic nitrogens is 5. The minimum Gasteiger partial charge on any atom is -0.256 e. The summed E-state index contributed by atoms with van der Waals surface area (Å²) in [5, 5.41) is 10.0. The SMILES string of the molecule is c1ccc2ncc(-c3ccc4cc(-c5ccc6nc(-c7c8ccccc8c(-c8ccc9ccc%10cccnc%10c9n8)c8ccccc78)ccc6c5)ccc4n3)cc2c1. The van der Waals surface area contributed by atoms with Crippen LogP contribution in [0.4, 0.5) is 0 Å². The van der Waals surface area contributed by atoms with Crippen molar-refractivity contribution < 1.29 is 0 Å². The van der Waals surface area contributed by atoms with Gasteiger partial charge < -0.3 is 0 Å². The predicted molar refractivity (Wildman–Crippen MR) is 240 cm³/mol. The van der Waals surface area contributed by atoms with Crippen LogP contribution in [0.3, 0.4) is 0 Å². The van der Waals surface area contributed by atoms with Gasteiger partial charge in [0.25, 0.3) is 0 Å². The van der Waals surface area contributed by atoms with E-state index in [0.29, 0.717) is 0 Å². The van der Waals surface area contributed by atoms with Crippen molar-refractivity contribution in [3.05, 3.63) is 188 Å². The van der Waals surface area contributed by atoms with Crippen LogP contribution < -0.4 is 0 Å². The molecule has 12 aromatic rings. The summed E-state index contributed by atoms with van der Waals surface area (Å²) in [6.45, 7) is 0. The molecule has 0 aliphatic heterocycles. The van der Waals surface area contributed by atoms with Crippen LogP contribution in [0, 0.1) is 0 Å². The van der Waals surface area contributed by atoms with E-state index in [4.69, 9.17) is 19.9 Å². The van der Waals surface area contributed by atoms with Gasteiger partial charge in [0, 0.05) is 56.0 Å². The zero-order valence-corrected chi connectivity index (χ0v) is 31.1. The summed E-state index contributed by atoms with van der Waals surface area (Å²) in [4.78, 5) is 25.0. The Hall–Kier alpha value is -7.89. The van der Waals surface area contributed by atoms with Crippen LogP contribution in [0.5, 0.6) is 0 Å². The molecule has 0 aliphatic carbocycles. The summed E-state index contributed by atoms with van der Waals surface area (Å²) in [5.41, 5.74) is 13.0. The number of para-hydroxylation sites is 1. The summed E-state index contributed by atoms with van der Waals surface area (Å²) in [5.74, 6) is 0. The second-order valence-corrected chi connectivity index (χ2v) is 14.9. The van der Waals surface area contributed by atoms with Crippen LogP contribution in [0.2, 0.25) is 0 Å². The second-order valence-electron chi connectivity index (χ2n) is 14.9. The molecule has 5 heteroatoms. The van der Waals surface area contributed by atoms with E-state index in [1.165, 1.54) is 0 Å². The fraction of sp³-hybridized carbons (Fsp3) is 0. The lowest BCUT2D eigenvalue weighted by molar-refractivity contribution is 1.35. The normalized spacial score (nSPS) is 11.8. The first kappa shape index (κ1) is 32.4. The molecule has 0 N–H and O–H groups in total. The molecule has 58 heavy (non-hydrogen) atoms. The van der Waals surface area contributed by atoms with E-state index in [0.717, 1.165) is 121 Å². The van der Waals surface area contributed by atoms with E-state index < -0.39 is 0 Å². The molecule has 0 saturated heterocycles. The van der Waals surface area contributed by atoms with Crippen LogP contribution >= 0.6 is 0 Å². The van der Waals surface area contributed by atoms with Gasteiger partial charge in [-0.25, -0.2) is 15.0 Å². The van der Waals surface area contributed by atoms with Gasteiger partial charge in [0.2, 0.25) is 0 Å². The zero-order chi connectivity index (χ0) is 38.2. The minimum atomic E-state index is 0.910. The highest BCUT2D eigenvalue weighted by Crippen LogP contribution is 2.43. The lowest BCUT2D eigenvalue weighted by Gasteiger charge is -2.17. The molecule has 0 spiro atoms. The van der Waals surface area contributed by atoms with Crippen molar-refractivity contribution in [2.75, 3.05) is 0 Å². The molecule has 268 valence electrons. The zero-order valence-electron chi connectivity index (χ0n) is 31.1. The smallest absolute Gasteiger partial charge is 0.0972 e. The summed E-state index contributed by atoms with van der Waals surface area (Å²) in [6.07, 6.45) is 3.75. The Bertz CT molecular complexity index is 3590. The molecule has 5 nitrogen and oxygen atoms in total. The van der Waals surface area contributed by atoms with Gasteiger partial charge in [0.1, 0.15) is 0 Å². The summed E-state index contributed by atoms with van der Waals surface area (Å²) >= 11 is 0. The lowest BCUT2D eigenvalue weighted by Crippen LogP contribution is -1.95. The molecule has 0 radical (unpaired) electrons. The van der Waals surface area contributed by atoms with Crippen molar-refractivity contribution in [3.8, 4) is 44.9 Å². The van der Waals surface area contributed by atoms with Gasteiger partial charge in [-0.3, -0.25) is 9.97 Å². The van der Waals surface area contributed by atoms with Crippen molar-refractivity contribution >= 4 is 76.1 Å². The standard InChI is InChI=1S/C53H31N5/c1-6-14-44-36(8-1)30-39(31-55-44)47-24-20-37-28-34(18-22-45(37)56-47)35-19-23-46-38(29-35)21-26-48(57-46)50-40-10-2-4-12-42(40)51(43-13-5-3-11-41(43)50)49-25-17-33-16-15-32-9-7-27-54-52(32)53(33)58-49/h1-31H. The number of hydrogen-bond donors (Lipinski definition) is 0. The minimum absolute atomic E-state index is 0.910. The van der Waals surface area contributed by atoms with Crippen LogP contribution in [-0.4, -0.2) is 24.9 Å². The summed E-state index contributed by atoms with van der Waals surface area (Å²) in [6, 6.07) is 61.9. The molecule has 0 aliphatic rings. The number of hydrogen-bond acceptors (Lipinski definition) is 5. The van der Waals surface area contributed by atoms with Crippen LogP contribution in [0.25, 0.3) is 121 Å². The van der Waals surface area contributed by atoms with Gasteiger partial charge in [-0.05, 0) is 93.3 Å². The molecule has 0 atom stereocenters. The molecule has 0 amide bonds. The van der Waals surface area contributed by atoms with Gasteiger partial charge in [0.05, 0.1) is 44.7 Å². The van der Waals surface area contributed by atoms with Crippen molar-refractivity contribution in [1.82, 2.24) is 24.9 Å². The average Bonchev–Trinajstić information content (AvgIpc) is 3.29. The average molecular weight is 738 g/mol. The molecule has 5 aromatic heterocycles. The Balaban J connectivity index is 0.938. The largest absolute Gasteiger partial charge is 0.256 e. The fourth-order valence-electron chi connectivity index (χ4n) is 8.66. The quantitative estimate of drug-likeness (QED) is 0.133. The highest BCUT2D eigenvalue weighted by molar-refractivity contribution is 6.21. The molecule has 0 saturated carbocycles. The Morgan fingerprint density at radius 1 is 0.293 bits per heavy atom. The molecular weight excluding hydrogens is 707 g/mol. The first-order valence-electron chi connectivity index (χ1n) is 19.5. The summed E-state index contributed by atoms with van der Waals surface area (Å²) in [7, 11) is 0. The Labute approximate surface area is 333 Å². The van der Waals surface area contributed by atoms with Crippen LogP contribution in [0.1, 0.15) is 0 Å². The highest BCUT2D eigenvalue weighted by Gasteiger charge is 2.19. The van der Waals surface area contributed by atoms with E-state index in [2.05, 4.69) is 157 Å². The van der Waals surface area contributed by atoms with Crippen molar-refractivity contribution in [2.45, 2.75) is 0 Å². The second kappa shape index (κ2) is 12.8. The summed E-state index contributed by atoms with van der Waals surface area (Å²) < 4.78 is 0. The molecular formula is C53H31N5. The fourth-order valence-corrected chi connectivity index (χ4v) is 8.66. The topological polar surface area (TPSA) is 64.5 Å². The van der Waals surface area contributed by atoms with E-state index in [-0.39, 0.29) is 0 Å². The Morgan fingerprint density at radius 3 is 1.45 bits per heavy atom. The third-order valence-corrected chi connectivity index (χ3v) is 11.5. The molecule has 5 heterocycles. The maximum Gasteiger partial charge on any atom is 0.0972 e. The van der Waals surface area contributed by atoms with Crippen molar-refractivity contribution in [3.63, 3.8) is 0 Å². The number of fused-ring (bicyclic) bond motifs is 8. The lowest BCUT2D eigenvalue weighted by atomic mass is 9.88. The van der Waals surface area contributed by atoms with E-state index >= 15 is 0 Å². The molecule has 12 rings (SSSR count). The van der Waals surface area contributed by atoms with Gasteiger partial charge in [0.15, 0.2) is 0 Å². The van der Waals surface area contributed by atoms with E-state index in [1.54, 1.807) is 0 Å². The molecule has 0 bridgehead atoms. The third-order valence-electron chi connectivity index (χ3n) is 11.5. The maximum atomic E-state index is 5.33. The van der Waals surface area contributed by atoms with Crippen LogP contribution in [0.15, 0.2) is 188 Å². The molecule has 7 aromatic carbocycles. The van der Waals surface area contributed by atoms with Crippen LogP contribution in [-0.2, 0) is 0 Å². The number of nitrogens with zero attached hydrogens (tertiary/aromatic N) is 5. The Kier molecular flexibility index (Phi) is 7.16. The van der Waals surface area contributed by atoms with Crippen molar-refractivity contribution in [2.24, 2.45) is 0 Å². The predicted octanol–water partition coefficient (Wildman–Crippen LogP) is 13.4. The van der Waals surface area contributed by atoms with Gasteiger partial charge >= 0.3 is 0 Å². The third kappa shape index (κ3) is 5.21. The molecule has 0 fully saturated rings. The first-order valence-corrected chi connectivity index (χ1v) is 19.5. The number of pyridine rings is 5. The van der Waals surface area contributed by atoms with E-state index in [9.17, 15) is 0 Å². The maximum absolute atomic E-state index is 5.33.